The summed E-state index contributed by atoms with van der Waals surface area (Å²) < 4.78 is 9.15. The highest BCUT2D eigenvalue weighted by atomic mass is 16.3. The number of hydrogen-bond acceptors (Lipinski definition) is 2. The van der Waals surface area contributed by atoms with Crippen molar-refractivity contribution in [3.63, 3.8) is 0 Å². The summed E-state index contributed by atoms with van der Waals surface area (Å²) >= 11 is 0. The summed E-state index contributed by atoms with van der Waals surface area (Å²) in [5.41, 5.74) is 15.2. The van der Waals surface area contributed by atoms with Crippen LogP contribution in [0.4, 0.5) is 17.1 Å². The SMILES string of the molecule is c1ccc(-c2ccc(-c3ccccc3N(c3ccccc3)c3cc(-c4cccc(-n5c6ccccc6c6ccccc65)c4)c4oc5ccccc5c4c3)cc2)cc1. The van der Waals surface area contributed by atoms with E-state index in [1.807, 2.05) is 6.07 Å². The molecule has 0 aliphatic heterocycles. The molecule has 0 fully saturated rings. The first-order valence-electron chi connectivity index (χ1n) is 19.4. The number of hydrogen-bond donors (Lipinski definition) is 0. The van der Waals surface area contributed by atoms with E-state index in [0.29, 0.717) is 0 Å². The third-order valence-electron chi connectivity index (χ3n) is 11.2. The van der Waals surface area contributed by atoms with Gasteiger partial charge in [-0.2, -0.15) is 0 Å². The molecular formula is C54H36N2O. The third kappa shape index (κ3) is 5.60. The summed E-state index contributed by atoms with van der Waals surface area (Å²) in [6.45, 7) is 0. The molecular weight excluding hydrogens is 693 g/mol. The van der Waals surface area contributed by atoms with Crippen LogP contribution < -0.4 is 4.90 Å². The molecule has 0 aliphatic carbocycles. The lowest BCUT2D eigenvalue weighted by molar-refractivity contribution is 0.670. The zero-order valence-corrected chi connectivity index (χ0v) is 31.1. The molecule has 0 saturated heterocycles. The number of fused-ring (bicyclic) bond motifs is 6. The van der Waals surface area contributed by atoms with Crippen LogP contribution in [-0.2, 0) is 0 Å². The van der Waals surface area contributed by atoms with Crippen molar-refractivity contribution in [2.24, 2.45) is 0 Å². The zero-order valence-electron chi connectivity index (χ0n) is 31.1. The molecule has 3 nitrogen and oxygen atoms in total. The molecule has 0 aliphatic rings. The fraction of sp³-hybridized carbons (Fsp3) is 0. The predicted molar refractivity (Wildman–Crippen MR) is 239 cm³/mol. The van der Waals surface area contributed by atoms with Crippen molar-refractivity contribution in [2.45, 2.75) is 0 Å². The van der Waals surface area contributed by atoms with Gasteiger partial charge < -0.3 is 13.9 Å². The lowest BCUT2D eigenvalue weighted by Crippen LogP contribution is -2.11. The van der Waals surface area contributed by atoms with Crippen molar-refractivity contribution in [3.05, 3.63) is 218 Å². The van der Waals surface area contributed by atoms with Crippen LogP contribution in [0.5, 0.6) is 0 Å². The summed E-state index contributed by atoms with van der Waals surface area (Å²) in [5, 5.41) is 4.65. The van der Waals surface area contributed by atoms with Gasteiger partial charge in [0.2, 0.25) is 0 Å². The molecule has 11 rings (SSSR count). The second-order valence-electron chi connectivity index (χ2n) is 14.5. The van der Waals surface area contributed by atoms with Gasteiger partial charge in [0.05, 0.1) is 16.7 Å². The van der Waals surface area contributed by atoms with Gasteiger partial charge in [0, 0.05) is 49.7 Å². The molecule has 57 heavy (non-hydrogen) atoms. The largest absolute Gasteiger partial charge is 0.455 e. The number of nitrogens with zero attached hydrogens (tertiary/aromatic N) is 2. The predicted octanol–water partition coefficient (Wildman–Crippen LogP) is 15.2. The summed E-state index contributed by atoms with van der Waals surface area (Å²) in [6.07, 6.45) is 0. The maximum atomic E-state index is 6.77. The van der Waals surface area contributed by atoms with E-state index in [2.05, 4.69) is 222 Å². The zero-order chi connectivity index (χ0) is 37.7. The van der Waals surface area contributed by atoms with Crippen molar-refractivity contribution < 1.29 is 4.42 Å². The van der Waals surface area contributed by atoms with Crippen molar-refractivity contribution in [2.75, 3.05) is 4.90 Å². The van der Waals surface area contributed by atoms with Gasteiger partial charge in [0.1, 0.15) is 11.2 Å². The molecule has 0 amide bonds. The van der Waals surface area contributed by atoms with E-state index in [-0.39, 0.29) is 0 Å². The average Bonchev–Trinajstić information content (AvgIpc) is 3.83. The molecule has 2 aromatic heterocycles. The molecule has 0 N–H and O–H groups in total. The Labute approximate surface area is 330 Å². The van der Waals surface area contributed by atoms with E-state index in [1.54, 1.807) is 0 Å². The fourth-order valence-corrected chi connectivity index (χ4v) is 8.56. The Hall–Kier alpha value is -7.62. The Morgan fingerprint density at radius 1 is 0.351 bits per heavy atom. The van der Waals surface area contributed by atoms with Crippen LogP contribution in [0.2, 0.25) is 0 Å². The monoisotopic (exact) mass is 728 g/mol. The van der Waals surface area contributed by atoms with Crippen molar-refractivity contribution >= 4 is 60.8 Å². The first-order valence-corrected chi connectivity index (χ1v) is 19.4. The molecule has 0 unspecified atom stereocenters. The van der Waals surface area contributed by atoms with Gasteiger partial charge in [-0.05, 0) is 82.9 Å². The Bertz CT molecular complexity index is 3180. The van der Waals surface area contributed by atoms with Crippen molar-refractivity contribution in [1.82, 2.24) is 4.57 Å². The maximum Gasteiger partial charge on any atom is 0.143 e. The van der Waals surface area contributed by atoms with Crippen LogP contribution in [0.15, 0.2) is 223 Å². The number of benzene rings is 9. The molecule has 0 bridgehead atoms. The summed E-state index contributed by atoms with van der Waals surface area (Å²) in [6, 6.07) is 78.1. The van der Waals surface area contributed by atoms with Gasteiger partial charge in [0.25, 0.3) is 0 Å². The van der Waals surface area contributed by atoms with E-state index < -0.39 is 0 Å². The minimum absolute atomic E-state index is 0.870. The van der Waals surface area contributed by atoms with Crippen LogP contribution in [0, 0.1) is 0 Å². The van der Waals surface area contributed by atoms with Crippen LogP contribution in [0.25, 0.3) is 82.8 Å². The van der Waals surface area contributed by atoms with Crippen LogP contribution >= 0.6 is 0 Å². The molecule has 2 heterocycles. The standard InChI is InChI=1S/C54H36N2O/c1-3-16-37(17-4-1)38-30-32-39(33-31-38)44-22-7-11-26-50(44)55(41-19-5-2-6-20-41)43-35-48(54-49(36-43)47-25-10-14-29-53(47)57-54)40-18-15-21-42(34-40)56-51-27-12-8-23-45(51)46-24-9-13-28-52(46)56/h1-36H. The summed E-state index contributed by atoms with van der Waals surface area (Å²) in [5.74, 6) is 0. The van der Waals surface area contributed by atoms with Gasteiger partial charge in [-0.1, -0.05) is 158 Å². The van der Waals surface area contributed by atoms with Gasteiger partial charge in [-0.15, -0.1) is 0 Å². The Morgan fingerprint density at radius 3 is 1.68 bits per heavy atom. The third-order valence-corrected chi connectivity index (χ3v) is 11.2. The second kappa shape index (κ2) is 13.6. The molecule has 0 atom stereocenters. The van der Waals surface area contributed by atoms with Crippen LogP contribution in [0.3, 0.4) is 0 Å². The Morgan fingerprint density at radius 2 is 0.930 bits per heavy atom. The van der Waals surface area contributed by atoms with Crippen molar-refractivity contribution in [1.29, 1.82) is 0 Å². The molecule has 0 spiro atoms. The van der Waals surface area contributed by atoms with Crippen LogP contribution in [-0.4, -0.2) is 4.57 Å². The Kier molecular flexibility index (Phi) is 7.82. The first kappa shape index (κ1) is 32.8. The molecule has 3 heteroatoms. The molecule has 0 saturated carbocycles. The molecule has 11 aromatic rings. The topological polar surface area (TPSA) is 21.3 Å². The van der Waals surface area contributed by atoms with Crippen molar-refractivity contribution in [3.8, 4) is 39.1 Å². The highest BCUT2D eigenvalue weighted by molar-refractivity contribution is 6.12. The quantitative estimate of drug-likeness (QED) is 0.163. The van der Waals surface area contributed by atoms with Gasteiger partial charge in [-0.3, -0.25) is 0 Å². The average molecular weight is 729 g/mol. The second-order valence-corrected chi connectivity index (χ2v) is 14.5. The lowest BCUT2D eigenvalue weighted by atomic mass is 9.97. The van der Waals surface area contributed by atoms with E-state index in [0.717, 1.165) is 66.9 Å². The smallest absolute Gasteiger partial charge is 0.143 e. The van der Waals surface area contributed by atoms with E-state index in [1.165, 1.54) is 32.9 Å². The Balaban J connectivity index is 1.13. The maximum absolute atomic E-state index is 6.77. The van der Waals surface area contributed by atoms with E-state index in [4.69, 9.17) is 4.42 Å². The summed E-state index contributed by atoms with van der Waals surface area (Å²) in [4.78, 5) is 2.39. The minimum Gasteiger partial charge on any atom is -0.455 e. The van der Waals surface area contributed by atoms with Gasteiger partial charge in [0.15, 0.2) is 0 Å². The minimum atomic E-state index is 0.870. The molecule has 0 radical (unpaired) electrons. The highest BCUT2D eigenvalue weighted by Crippen LogP contribution is 2.46. The van der Waals surface area contributed by atoms with E-state index in [9.17, 15) is 0 Å². The number of rotatable bonds is 7. The number of anilines is 3. The normalized spacial score (nSPS) is 11.5. The number of para-hydroxylation sites is 5. The van der Waals surface area contributed by atoms with E-state index >= 15 is 0 Å². The first-order chi connectivity index (χ1) is 28.3. The lowest BCUT2D eigenvalue weighted by Gasteiger charge is -2.28. The highest BCUT2D eigenvalue weighted by Gasteiger charge is 2.22. The van der Waals surface area contributed by atoms with Gasteiger partial charge >= 0.3 is 0 Å². The number of aromatic nitrogens is 1. The van der Waals surface area contributed by atoms with Gasteiger partial charge in [-0.25, -0.2) is 0 Å². The van der Waals surface area contributed by atoms with Crippen LogP contribution in [0.1, 0.15) is 0 Å². The molecule has 9 aromatic carbocycles. The summed E-state index contributed by atoms with van der Waals surface area (Å²) in [7, 11) is 0. The molecule has 268 valence electrons. The number of furan rings is 1. The fourth-order valence-electron chi connectivity index (χ4n) is 8.56.